The summed E-state index contributed by atoms with van der Waals surface area (Å²) in [5.74, 6) is -0.242. The van der Waals surface area contributed by atoms with Crippen molar-refractivity contribution in [3.63, 3.8) is 0 Å². The fourth-order valence-electron chi connectivity index (χ4n) is 3.45. The highest BCUT2D eigenvalue weighted by atomic mass is 32.2. The van der Waals surface area contributed by atoms with Crippen LogP contribution in [0.3, 0.4) is 0 Å². The van der Waals surface area contributed by atoms with Gasteiger partial charge in [0.25, 0.3) is 5.91 Å². The molecule has 26 heavy (non-hydrogen) atoms. The zero-order valence-electron chi connectivity index (χ0n) is 14.8. The first-order chi connectivity index (χ1) is 12.5. The van der Waals surface area contributed by atoms with Gasteiger partial charge in [0, 0.05) is 24.7 Å². The van der Waals surface area contributed by atoms with Crippen molar-refractivity contribution in [2.24, 2.45) is 0 Å². The summed E-state index contributed by atoms with van der Waals surface area (Å²) >= 11 is 0. The van der Waals surface area contributed by atoms with Gasteiger partial charge in [-0.1, -0.05) is 25.3 Å². The van der Waals surface area contributed by atoms with Crippen LogP contribution in [0.25, 0.3) is 0 Å². The van der Waals surface area contributed by atoms with E-state index in [0.29, 0.717) is 5.56 Å². The molecule has 1 saturated heterocycles. The summed E-state index contributed by atoms with van der Waals surface area (Å²) < 4.78 is 32.2. The van der Waals surface area contributed by atoms with Gasteiger partial charge in [-0.05, 0) is 31.0 Å². The molecule has 2 fully saturated rings. The molecule has 0 radical (unpaired) electrons. The van der Waals surface area contributed by atoms with Crippen molar-refractivity contribution in [2.45, 2.75) is 49.1 Å². The molecule has 1 amide bonds. The lowest BCUT2D eigenvalue weighted by atomic mass is 9.95. The van der Waals surface area contributed by atoms with Crippen molar-refractivity contribution in [3.8, 4) is 0 Å². The Hall–Kier alpha value is -1.48. The van der Waals surface area contributed by atoms with Gasteiger partial charge in [0.05, 0.1) is 24.2 Å². The molecular formula is C18H26N2O5S. The Kier molecular flexibility index (Phi) is 6.29. The second-order valence-corrected chi connectivity index (χ2v) is 8.87. The largest absolute Gasteiger partial charge is 0.389 e. The molecule has 8 heteroatoms. The summed E-state index contributed by atoms with van der Waals surface area (Å²) in [6.07, 6.45) is 4.50. The summed E-state index contributed by atoms with van der Waals surface area (Å²) in [6, 6.07) is 6.25. The minimum atomic E-state index is -3.79. The Morgan fingerprint density at radius 2 is 2.00 bits per heavy atom. The van der Waals surface area contributed by atoms with E-state index in [9.17, 15) is 18.3 Å². The van der Waals surface area contributed by atoms with E-state index in [2.05, 4.69) is 5.32 Å². The number of sulfonamides is 1. The molecule has 0 aromatic heterocycles. The van der Waals surface area contributed by atoms with Crippen LogP contribution in [0.2, 0.25) is 0 Å². The van der Waals surface area contributed by atoms with E-state index in [1.165, 1.54) is 22.9 Å². The van der Waals surface area contributed by atoms with Crippen molar-refractivity contribution in [1.82, 2.24) is 9.62 Å². The van der Waals surface area contributed by atoms with Gasteiger partial charge in [0.1, 0.15) is 0 Å². The van der Waals surface area contributed by atoms with Crippen molar-refractivity contribution in [3.05, 3.63) is 29.8 Å². The molecule has 1 heterocycles. The maximum atomic E-state index is 12.9. The Morgan fingerprint density at radius 3 is 2.77 bits per heavy atom. The molecule has 1 saturated carbocycles. The molecule has 2 aliphatic rings. The molecule has 1 aromatic rings. The molecule has 1 aliphatic heterocycles. The predicted molar refractivity (Wildman–Crippen MR) is 96.4 cm³/mol. The van der Waals surface area contributed by atoms with Crippen LogP contribution < -0.4 is 5.32 Å². The molecule has 0 spiro atoms. The first kappa shape index (κ1) is 19.3. The number of rotatable bonds is 4. The third kappa shape index (κ3) is 4.62. The number of nitrogens with one attached hydrogen (secondary N) is 1. The van der Waals surface area contributed by atoms with Crippen LogP contribution in [0, 0.1) is 0 Å². The van der Waals surface area contributed by atoms with E-state index >= 15 is 0 Å². The smallest absolute Gasteiger partial charge is 0.251 e. The predicted octanol–water partition coefficient (Wildman–Crippen LogP) is 1.13. The first-order valence-electron chi connectivity index (χ1n) is 9.14. The number of nitrogens with zero attached hydrogens (tertiary/aromatic N) is 1. The quantitative estimate of drug-likeness (QED) is 0.814. The number of hydrogen-bond donors (Lipinski definition) is 2. The number of benzene rings is 1. The lowest BCUT2D eigenvalue weighted by Gasteiger charge is -2.23. The standard InChI is InChI=1S/C18H26N2O5S/c21-16-12-20(9-10-25-13-16)26(23,24)17-8-4-5-14(11-17)18(22)19-15-6-2-1-3-7-15/h4-5,8,11,15-16,21H,1-3,6-7,9-10,12-13H2,(H,19,22)/t16-/m1/s1. The average Bonchev–Trinajstić information content (AvgIpc) is 2.87. The van der Waals surface area contributed by atoms with Crippen molar-refractivity contribution < 1.29 is 23.1 Å². The molecule has 0 unspecified atom stereocenters. The number of carbonyl (C=O) groups excluding carboxylic acids is 1. The minimum Gasteiger partial charge on any atom is -0.389 e. The van der Waals surface area contributed by atoms with Crippen LogP contribution >= 0.6 is 0 Å². The van der Waals surface area contributed by atoms with Gasteiger partial charge in [-0.2, -0.15) is 4.31 Å². The molecule has 1 aliphatic carbocycles. The van der Waals surface area contributed by atoms with E-state index in [4.69, 9.17) is 4.74 Å². The van der Waals surface area contributed by atoms with E-state index in [0.717, 1.165) is 25.7 Å². The fraction of sp³-hybridized carbons (Fsp3) is 0.611. The topological polar surface area (TPSA) is 95.9 Å². The highest BCUT2D eigenvalue weighted by Crippen LogP contribution is 2.20. The van der Waals surface area contributed by atoms with Crippen molar-refractivity contribution in [1.29, 1.82) is 0 Å². The number of ether oxygens (including phenoxy) is 1. The summed E-state index contributed by atoms with van der Waals surface area (Å²) in [6.45, 7) is 0.521. The molecular weight excluding hydrogens is 356 g/mol. The molecule has 1 atom stereocenters. The number of aliphatic hydroxyl groups excluding tert-OH is 1. The minimum absolute atomic E-state index is 0.0131. The van der Waals surface area contributed by atoms with Crippen molar-refractivity contribution in [2.75, 3.05) is 26.3 Å². The average molecular weight is 382 g/mol. The van der Waals surface area contributed by atoms with Crippen LogP contribution in [0.5, 0.6) is 0 Å². The van der Waals surface area contributed by atoms with Crippen LogP contribution in [-0.4, -0.2) is 62.2 Å². The lowest BCUT2D eigenvalue weighted by Crippen LogP contribution is -2.38. The number of β-amino-alcohol motifs (C(OH)–C–C–N with tert-alkyl or cyclic N) is 1. The third-order valence-electron chi connectivity index (χ3n) is 4.88. The third-order valence-corrected chi connectivity index (χ3v) is 6.75. The molecule has 0 bridgehead atoms. The van der Waals surface area contributed by atoms with Gasteiger partial charge in [0.2, 0.25) is 10.0 Å². The first-order valence-corrected chi connectivity index (χ1v) is 10.6. The van der Waals surface area contributed by atoms with E-state index in [-0.39, 0.29) is 43.1 Å². The number of carbonyl (C=O) groups is 1. The van der Waals surface area contributed by atoms with Gasteiger partial charge in [-0.15, -0.1) is 0 Å². The van der Waals surface area contributed by atoms with E-state index in [1.54, 1.807) is 12.1 Å². The Morgan fingerprint density at radius 1 is 1.23 bits per heavy atom. The Balaban J connectivity index is 1.75. The van der Waals surface area contributed by atoms with Crippen LogP contribution in [0.15, 0.2) is 29.2 Å². The normalized spacial score (nSPS) is 23.3. The summed E-state index contributed by atoms with van der Waals surface area (Å²) in [4.78, 5) is 12.6. The van der Waals surface area contributed by atoms with E-state index in [1.807, 2.05) is 0 Å². The second-order valence-electron chi connectivity index (χ2n) is 6.93. The zero-order chi connectivity index (χ0) is 18.6. The maximum absolute atomic E-state index is 12.9. The van der Waals surface area contributed by atoms with Gasteiger partial charge in [-0.3, -0.25) is 4.79 Å². The number of aliphatic hydroxyl groups is 1. The highest BCUT2D eigenvalue weighted by Gasteiger charge is 2.29. The molecule has 144 valence electrons. The summed E-state index contributed by atoms with van der Waals surface area (Å²) in [5, 5.41) is 12.8. The van der Waals surface area contributed by atoms with Crippen LogP contribution in [0.4, 0.5) is 0 Å². The Labute approximate surface area is 154 Å². The zero-order valence-corrected chi connectivity index (χ0v) is 15.6. The SMILES string of the molecule is O=C(NC1CCCCC1)c1cccc(S(=O)(=O)N2CCOC[C@H](O)C2)c1. The van der Waals surface area contributed by atoms with E-state index < -0.39 is 16.1 Å². The lowest BCUT2D eigenvalue weighted by molar-refractivity contribution is 0.0583. The second kappa shape index (κ2) is 8.47. The molecule has 2 N–H and O–H groups in total. The Bertz CT molecular complexity index is 731. The van der Waals surface area contributed by atoms with Gasteiger partial charge in [0.15, 0.2) is 0 Å². The molecule has 1 aromatic carbocycles. The summed E-state index contributed by atoms with van der Waals surface area (Å²) in [7, 11) is -3.79. The summed E-state index contributed by atoms with van der Waals surface area (Å²) in [5.41, 5.74) is 0.336. The fourth-order valence-corrected chi connectivity index (χ4v) is 4.95. The van der Waals surface area contributed by atoms with Gasteiger partial charge >= 0.3 is 0 Å². The van der Waals surface area contributed by atoms with Gasteiger partial charge < -0.3 is 15.2 Å². The van der Waals surface area contributed by atoms with Crippen LogP contribution in [-0.2, 0) is 14.8 Å². The number of amides is 1. The van der Waals surface area contributed by atoms with Crippen molar-refractivity contribution >= 4 is 15.9 Å². The number of hydrogen-bond acceptors (Lipinski definition) is 5. The maximum Gasteiger partial charge on any atom is 0.251 e. The van der Waals surface area contributed by atoms with Crippen LogP contribution in [0.1, 0.15) is 42.5 Å². The highest BCUT2D eigenvalue weighted by molar-refractivity contribution is 7.89. The monoisotopic (exact) mass is 382 g/mol. The molecule has 3 rings (SSSR count). The van der Waals surface area contributed by atoms with Gasteiger partial charge in [-0.25, -0.2) is 8.42 Å². The molecule has 7 nitrogen and oxygen atoms in total.